The van der Waals surface area contributed by atoms with E-state index in [1.165, 1.54) is 44.9 Å². The van der Waals surface area contributed by atoms with E-state index in [1.54, 1.807) is 6.26 Å². The molecule has 1 N–H and O–H groups in total. The summed E-state index contributed by atoms with van der Waals surface area (Å²) >= 11 is 0. The Balaban J connectivity index is 2.04. The lowest BCUT2D eigenvalue weighted by Crippen LogP contribution is -2.13. The van der Waals surface area contributed by atoms with Crippen molar-refractivity contribution in [3.8, 4) is 0 Å². The number of aryl methyl sites for hydroxylation is 1. The quantitative estimate of drug-likeness (QED) is 0.596. The molecule has 0 unspecified atom stereocenters. The second-order valence-electron chi connectivity index (χ2n) is 5.01. The molecule has 0 radical (unpaired) electrons. The first-order valence-corrected chi connectivity index (χ1v) is 7.65. The van der Waals surface area contributed by atoms with E-state index < -0.39 is 0 Å². The van der Waals surface area contributed by atoms with Crippen LogP contribution in [-0.2, 0) is 6.42 Å². The molecule has 0 aliphatic heterocycles. The van der Waals surface area contributed by atoms with Crippen molar-refractivity contribution >= 4 is 5.70 Å². The third-order valence-corrected chi connectivity index (χ3v) is 3.28. The van der Waals surface area contributed by atoms with Gasteiger partial charge in [0, 0.05) is 13.0 Å². The second-order valence-corrected chi connectivity index (χ2v) is 5.01. The van der Waals surface area contributed by atoms with Crippen LogP contribution in [0.1, 0.15) is 70.4 Å². The summed E-state index contributed by atoms with van der Waals surface area (Å²) in [5, 5.41) is 3.32. The number of nitrogens with zero attached hydrogens (tertiary/aromatic N) is 1. The Morgan fingerprint density at radius 2 is 1.84 bits per heavy atom. The molecule has 0 spiro atoms. The van der Waals surface area contributed by atoms with Crippen molar-refractivity contribution in [3.63, 3.8) is 0 Å². The first kappa shape index (κ1) is 15.8. The molecule has 1 aromatic heterocycles. The summed E-state index contributed by atoms with van der Waals surface area (Å²) in [7, 11) is 0. The highest BCUT2D eigenvalue weighted by molar-refractivity contribution is 5.56. The summed E-state index contributed by atoms with van der Waals surface area (Å²) in [4.78, 5) is 4.35. The van der Waals surface area contributed by atoms with Crippen molar-refractivity contribution in [3.05, 3.63) is 24.4 Å². The van der Waals surface area contributed by atoms with E-state index >= 15 is 0 Å². The van der Waals surface area contributed by atoms with E-state index in [1.807, 2.05) is 6.92 Å². The molecule has 19 heavy (non-hydrogen) atoms. The number of rotatable bonds is 11. The summed E-state index contributed by atoms with van der Waals surface area (Å²) in [5.41, 5.74) is 1.70. The lowest BCUT2D eigenvalue weighted by atomic mass is 10.1. The highest BCUT2D eigenvalue weighted by atomic mass is 16.3. The highest BCUT2D eigenvalue weighted by Crippen LogP contribution is 2.10. The molecule has 3 nitrogen and oxygen atoms in total. The van der Waals surface area contributed by atoms with E-state index in [9.17, 15) is 0 Å². The standard InChI is InChI=1S/C16H28N2O/c1-4-6-7-8-9-10-11-12-17-14(3)15-13-19-16(5-2)18-15/h13,17H,3-12H2,1-2H3. The fourth-order valence-electron chi connectivity index (χ4n) is 2.02. The lowest BCUT2D eigenvalue weighted by Gasteiger charge is -2.06. The summed E-state index contributed by atoms with van der Waals surface area (Å²) in [5.74, 6) is 0.772. The third-order valence-electron chi connectivity index (χ3n) is 3.28. The SMILES string of the molecule is C=C(NCCCCCCCCC)c1coc(CC)n1. The number of hydrogen-bond donors (Lipinski definition) is 1. The molecule has 1 heterocycles. The molecule has 1 aromatic rings. The number of unbranched alkanes of at least 4 members (excludes halogenated alkanes) is 6. The molecule has 1 rings (SSSR count). The number of nitrogens with one attached hydrogen (secondary N) is 1. The zero-order valence-corrected chi connectivity index (χ0v) is 12.5. The van der Waals surface area contributed by atoms with Gasteiger partial charge in [-0.25, -0.2) is 4.98 Å². The lowest BCUT2D eigenvalue weighted by molar-refractivity contribution is 0.501. The minimum absolute atomic E-state index is 0.772. The molecule has 0 fully saturated rings. The van der Waals surface area contributed by atoms with Gasteiger partial charge in [0.15, 0.2) is 5.89 Å². The first-order chi connectivity index (χ1) is 9.27. The van der Waals surface area contributed by atoms with Gasteiger partial charge in [-0.05, 0) is 6.42 Å². The first-order valence-electron chi connectivity index (χ1n) is 7.65. The van der Waals surface area contributed by atoms with Crippen LogP contribution in [-0.4, -0.2) is 11.5 Å². The maximum Gasteiger partial charge on any atom is 0.194 e. The largest absolute Gasteiger partial charge is 0.448 e. The molecule has 0 amide bonds. The molecule has 0 saturated carbocycles. The average Bonchev–Trinajstić information content (AvgIpc) is 2.90. The van der Waals surface area contributed by atoms with Gasteiger partial charge in [-0.3, -0.25) is 0 Å². The smallest absolute Gasteiger partial charge is 0.194 e. The van der Waals surface area contributed by atoms with E-state index in [-0.39, 0.29) is 0 Å². The Kier molecular flexibility index (Phi) is 8.03. The minimum atomic E-state index is 0.772. The number of hydrogen-bond acceptors (Lipinski definition) is 3. The maximum atomic E-state index is 5.31. The van der Waals surface area contributed by atoms with E-state index in [0.29, 0.717) is 0 Å². The van der Waals surface area contributed by atoms with Crippen LogP contribution in [0.3, 0.4) is 0 Å². The third kappa shape index (κ3) is 6.46. The van der Waals surface area contributed by atoms with E-state index in [2.05, 4.69) is 23.8 Å². The van der Waals surface area contributed by atoms with Crippen LogP contribution in [0.2, 0.25) is 0 Å². The molecule has 0 atom stereocenters. The van der Waals surface area contributed by atoms with Gasteiger partial charge < -0.3 is 9.73 Å². The van der Waals surface area contributed by atoms with Gasteiger partial charge in [0.05, 0.1) is 5.70 Å². The van der Waals surface area contributed by atoms with Crippen molar-refractivity contribution in [2.45, 2.75) is 65.2 Å². The molecule has 0 aromatic carbocycles. The van der Waals surface area contributed by atoms with Crippen LogP contribution in [0.4, 0.5) is 0 Å². The van der Waals surface area contributed by atoms with Crippen molar-refractivity contribution in [2.24, 2.45) is 0 Å². The summed E-state index contributed by atoms with van der Waals surface area (Å²) in [6.45, 7) is 9.26. The van der Waals surface area contributed by atoms with Gasteiger partial charge in [0.2, 0.25) is 0 Å². The fraction of sp³-hybridized carbons (Fsp3) is 0.688. The molecular weight excluding hydrogens is 236 g/mol. The summed E-state index contributed by atoms with van der Waals surface area (Å²) in [6, 6.07) is 0. The Hall–Kier alpha value is -1.25. The Bertz CT molecular complexity index is 357. The van der Waals surface area contributed by atoms with Crippen molar-refractivity contribution in [2.75, 3.05) is 6.54 Å². The van der Waals surface area contributed by atoms with Gasteiger partial charge in [0.1, 0.15) is 12.0 Å². The number of aromatic nitrogens is 1. The summed E-state index contributed by atoms with van der Waals surface area (Å²) < 4.78 is 5.31. The Morgan fingerprint density at radius 1 is 1.16 bits per heavy atom. The van der Waals surface area contributed by atoms with Crippen LogP contribution in [0, 0.1) is 0 Å². The predicted molar refractivity (Wildman–Crippen MR) is 80.9 cm³/mol. The van der Waals surface area contributed by atoms with Gasteiger partial charge in [-0.1, -0.05) is 59.0 Å². The highest BCUT2D eigenvalue weighted by Gasteiger charge is 2.04. The Labute approximate surface area is 117 Å². The maximum absolute atomic E-state index is 5.31. The van der Waals surface area contributed by atoms with Crippen LogP contribution >= 0.6 is 0 Å². The minimum Gasteiger partial charge on any atom is -0.448 e. The van der Waals surface area contributed by atoms with Gasteiger partial charge >= 0.3 is 0 Å². The number of oxazole rings is 1. The normalized spacial score (nSPS) is 10.6. The van der Waals surface area contributed by atoms with Crippen LogP contribution in [0.5, 0.6) is 0 Å². The zero-order valence-electron chi connectivity index (χ0n) is 12.5. The molecule has 0 aliphatic carbocycles. The van der Waals surface area contributed by atoms with E-state index in [4.69, 9.17) is 4.42 Å². The Morgan fingerprint density at radius 3 is 2.47 bits per heavy atom. The van der Waals surface area contributed by atoms with Gasteiger partial charge in [-0.15, -0.1) is 0 Å². The summed E-state index contributed by atoms with van der Waals surface area (Å²) in [6.07, 6.45) is 11.8. The zero-order chi connectivity index (χ0) is 13.9. The molecular formula is C16H28N2O. The van der Waals surface area contributed by atoms with Gasteiger partial charge in [0.25, 0.3) is 0 Å². The van der Waals surface area contributed by atoms with Crippen molar-refractivity contribution in [1.82, 2.24) is 10.3 Å². The second kappa shape index (κ2) is 9.65. The molecule has 0 bridgehead atoms. The van der Waals surface area contributed by atoms with Crippen molar-refractivity contribution < 1.29 is 4.42 Å². The molecule has 0 saturated heterocycles. The van der Waals surface area contributed by atoms with Gasteiger partial charge in [-0.2, -0.15) is 0 Å². The molecule has 3 heteroatoms. The van der Waals surface area contributed by atoms with Crippen LogP contribution in [0.15, 0.2) is 17.3 Å². The fourth-order valence-corrected chi connectivity index (χ4v) is 2.02. The van der Waals surface area contributed by atoms with Crippen molar-refractivity contribution in [1.29, 1.82) is 0 Å². The van der Waals surface area contributed by atoms with E-state index in [0.717, 1.165) is 30.2 Å². The average molecular weight is 264 g/mol. The topological polar surface area (TPSA) is 38.1 Å². The monoisotopic (exact) mass is 264 g/mol. The van der Waals surface area contributed by atoms with Crippen LogP contribution < -0.4 is 5.32 Å². The van der Waals surface area contributed by atoms with Crippen LogP contribution in [0.25, 0.3) is 5.70 Å². The predicted octanol–water partition coefficient (Wildman–Crippen LogP) is 4.55. The molecule has 108 valence electrons. The molecule has 0 aliphatic rings.